The van der Waals surface area contributed by atoms with Crippen LogP contribution >= 0.6 is 0 Å². The number of carbonyl (C=O) groups is 1. The minimum Gasteiger partial charge on any atom is -0.507 e. The molecule has 1 aromatic carbocycles. The molecule has 0 bridgehead atoms. The van der Waals surface area contributed by atoms with Crippen molar-refractivity contribution in [3.8, 4) is 23.7 Å². The molecule has 1 aromatic rings. The summed E-state index contributed by atoms with van der Waals surface area (Å²) in [6, 6.07) is 5.77. The van der Waals surface area contributed by atoms with Crippen molar-refractivity contribution in [2.45, 2.75) is 0 Å². The van der Waals surface area contributed by atoms with Crippen LogP contribution in [0.15, 0.2) is 18.2 Å². The number of amides is 1. The lowest BCUT2D eigenvalue weighted by Crippen LogP contribution is -2.11. The lowest BCUT2D eigenvalue weighted by atomic mass is 10.1. The second kappa shape index (κ2) is 3.97. The van der Waals surface area contributed by atoms with Gasteiger partial charge in [0.1, 0.15) is 5.75 Å². The van der Waals surface area contributed by atoms with Crippen LogP contribution in [0.25, 0.3) is 0 Å². The summed E-state index contributed by atoms with van der Waals surface area (Å²) in [7, 11) is 0. The first kappa shape index (κ1) is 9.63. The zero-order valence-corrected chi connectivity index (χ0v) is 7.11. The number of aromatic hydroxyl groups is 1. The molecule has 0 aliphatic heterocycles. The Morgan fingerprint density at radius 2 is 2.21 bits per heavy atom. The van der Waals surface area contributed by atoms with E-state index in [-0.39, 0.29) is 11.3 Å². The van der Waals surface area contributed by atoms with E-state index in [4.69, 9.17) is 11.0 Å². The molecule has 0 fully saturated rings. The monoisotopic (exact) mass is 186 g/mol. The molecule has 0 aliphatic carbocycles. The van der Waals surface area contributed by atoms with Gasteiger partial charge in [-0.05, 0) is 18.2 Å². The highest BCUT2D eigenvalue weighted by molar-refractivity contribution is 5.95. The molecule has 4 nitrogen and oxygen atoms in total. The predicted molar refractivity (Wildman–Crippen MR) is 49.1 cm³/mol. The Morgan fingerprint density at radius 1 is 1.50 bits per heavy atom. The fourth-order valence-corrected chi connectivity index (χ4v) is 0.911. The minimum absolute atomic E-state index is 0.00487. The van der Waals surface area contributed by atoms with E-state index in [1.165, 1.54) is 18.2 Å². The number of rotatable bonds is 1. The second-order valence-corrected chi connectivity index (χ2v) is 2.46. The van der Waals surface area contributed by atoms with Gasteiger partial charge >= 0.3 is 0 Å². The van der Waals surface area contributed by atoms with Crippen LogP contribution in [0, 0.1) is 23.2 Å². The summed E-state index contributed by atoms with van der Waals surface area (Å²) in [6.07, 6.45) is 0. The van der Waals surface area contributed by atoms with E-state index in [9.17, 15) is 9.90 Å². The van der Waals surface area contributed by atoms with Gasteiger partial charge in [0.15, 0.2) is 6.07 Å². The number of hydrogen-bond donors (Lipinski definition) is 2. The molecule has 0 unspecified atom stereocenters. The maximum atomic E-state index is 10.8. The summed E-state index contributed by atoms with van der Waals surface area (Å²) in [4.78, 5) is 10.8. The van der Waals surface area contributed by atoms with Crippen molar-refractivity contribution in [1.82, 2.24) is 0 Å². The van der Waals surface area contributed by atoms with Gasteiger partial charge in [-0.2, -0.15) is 5.26 Å². The Hall–Kier alpha value is -2.46. The molecule has 0 saturated carbocycles. The average molecular weight is 186 g/mol. The number of carbonyl (C=O) groups excluding carboxylic acids is 1. The van der Waals surface area contributed by atoms with Crippen molar-refractivity contribution in [2.75, 3.05) is 0 Å². The van der Waals surface area contributed by atoms with Gasteiger partial charge in [0, 0.05) is 11.5 Å². The number of nitrogens with zero attached hydrogens (tertiary/aromatic N) is 1. The van der Waals surface area contributed by atoms with Crippen molar-refractivity contribution in [2.24, 2.45) is 5.73 Å². The molecule has 14 heavy (non-hydrogen) atoms. The van der Waals surface area contributed by atoms with E-state index in [1.54, 1.807) is 6.07 Å². The highest BCUT2D eigenvalue weighted by Crippen LogP contribution is 2.17. The molecule has 1 rings (SSSR count). The van der Waals surface area contributed by atoms with Crippen LogP contribution in [-0.2, 0) is 0 Å². The van der Waals surface area contributed by atoms with E-state index in [1.807, 2.05) is 0 Å². The number of hydrogen-bond acceptors (Lipinski definition) is 3. The van der Waals surface area contributed by atoms with Crippen LogP contribution in [0.2, 0.25) is 0 Å². The van der Waals surface area contributed by atoms with Crippen molar-refractivity contribution in [1.29, 1.82) is 5.26 Å². The molecule has 4 heteroatoms. The van der Waals surface area contributed by atoms with E-state index in [0.717, 1.165) is 0 Å². The molecule has 0 atom stereocenters. The molecule has 0 spiro atoms. The largest absolute Gasteiger partial charge is 0.507 e. The first-order valence-corrected chi connectivity index (χ1v) is 3.68. The fraction of sp³-hybridized carbons (Fsp3) is 0. The zero-order chi connectivity index (χ0) is 10.6. The number of primary amides is 1. The first-order valence-electron chi connectivity index (χ1n) is 3.68. The number of nitrogens with two attached hydrogens (primary N) is 1. The Labute approximate surface area is 80.6 Å². The molecular weight excluding hydrogens is 180 g/mol. The number of benzene rings is 1. The first-order chi connectivity index (χ1) is 6.65. The SMILES string of the molecule is N#CC#Cc1ccc(O)c(C(N)=O)c1. The van der Waals surface area contributed by atoms with Gasteiger partial charge in [-0.25, -0.2) is 0 Å². The lowest BCUT2D eigenvalue weighted by Gasteiger charge is -1.99. The van der Waals surface area contributed by atoms with Crippen LogP contribution in [0.5, 0.6) is 5.75 Å². The molecule has 0 radical (unpaired) electrons. The number of phenols is 1. The van der Waals surface area contributed by atoms with E-state index >= 15 is 0 Å². The minimum atomic E-state index is -0.733. The van der Waals surface area contributed by atoms with Crippen molar-refractivity contribution in [3.63, 3.8) is 0 Å². The van der Waals surface area contributed by atoms with Crippen LogP contribution in [0.3, 0.4) is 0 Å². The summed E-state index contributed by atoms with van der Waals surface area (Å²) < 4.78 is 0. The van der Waals surface area contributed by atoms with Crippen LogP contribution in [-0.4, -0.2) is 11.0 Å². The van der Waals surface area contributed by atoms with Gasteiger partial charge in [-0.1, -0.05) is 5.92 Å². The van der Waals surface area contributed by atoms with E-state index in [0.29, 0.717) is 5.56 Å². The van der Waals surface area contributed by atoms with Crippen molar-refractivity contribution in [3.05, 3.63) is 29.3 Å². The zero-order valence-electron chi connectivity index (χ0n) is 7.11. The standard InChI is InChI=1S/C10H6N2O2/c11-5-1-2-7-3-4-9(13)8(6-7)10(12)14/h3-4,6,13H,(H2,12,14). The van der Waals surface area contributed by atoms with Gasteiger partial charge in [-0.15, -0.1) is 0 Å². The summed E-state index contributed by atoms with van der Waals surface area (Å²) >= 11 is 0. The van der Waals surface area contributed by atoms with Crippen LogP contribution in [0.4, 0.5) is 0 Å². The molecule has 68 valence electrons. The maximum absolute atomic E-state index is 10.8. The molecule has 1 amide bonds. The maximum Gasteiger partial charge on any atom is 0.252 e. The Balaban J connectivity index is 3.21. The topological polar surface area (TPSA) is 87.1 Å². The van der Waals surface area contributed by atoms with E-state index in [2.05, 4.69) is 11.8 Å². The lowest BCUT2D eigenvalue weighted by molar-refractivity contribution is 0.0997. The predicted octanol–water partition coefficient (Wildman–Crippen LogP) is 0.366. The third-order valence-electron chi connectivity index (χ3n) is 1.52. The quantitative estimate of drug-likeness (QED) is 0.621. The van der Waals surface area contributed by atoms with Gasteiger partial charge in [0.25, 0.3) is 5.91 Å². The second-order valence-electron chi connectivity index (χ2n) is 2.46. The highest BCUT2D eigenvalue weighted by Gasteiger charge is 2.06. The smallest absolute Gasteiger partial charge is 0.252 e. The molecule has 0 aromatic heterocycles. The third kappa shape index (κ3) is 2.02. The molecular formula is C10H6N2O2. The molecule has 0 saturated heterocycles. The van der Waals surface area contributed by atoms with Crippen LogP contribution < -0.4 is 5.73 Å². The number of nitriles is 1. The van der Waals surface area contributed by atoms with Gasteiger partial charge < -0.3 is 10.8 Å². The van der Waals surface area contributed by atoms with Crippen molar-refractivity contribution < 1.29 is 9.90 Å². The van der Waals surface area contributed by atoms with Gasteiger partial charge in [0.2, 0.25) is 0 Å². The molecule has 0 heterocycles. The summed E-state index contributed by atoms with van der Waals surface area (Å²) in [5.74, 6) is 3.73. The fourth-order valence-electron chi connectivity index (χ4n) is 0.911. The van der Waals surface area contributed by atoms with E-state index < -0.39 is 5.91 Å². The Bertz CT molecular complexity index is 475. The average Bonchev–Trinajstić information content (AvgIpc) is 2.16. The van der Waals surface area contributed by atoms with Gasteiger partial charge in [-0.3, -0.25) is 4.79 Å². The van der Waals surface area contributed by atoms with Gasteiger partial charge in [0.05, 0.1) is 5.56 Å². The summed E-state index contributed by atoms with van der Waals surface area (Å²) in [5.41, 5.74) is 5.45. The van der Waals surface area contributed by atoms with Crippen molar-refractivity contribution >= 4 is 5.91 Å². The van der Waals surface area contributed by atoms with Crippen LogP contribution in [0.1, 0.15) is 15.9 Å². The normalized spacial score (nSPS) is 8.21. The molecule has 0 aliphatic rings. The Kier molecular flexibility index (Phi) is 2.73. The Morgan fingerprint density at radius 3 is 2.79 bits per heavy atom. The molecule has 3 N–H and O–H groups in total. The summed E-state index contributed by atoms with van der Waals surface area (Å²) in [5, 5.41) is 17.4. The third-order valence-corrected chi connectivity index (χ3v) is 1.52. The highest BCUT2D eigenvalue weighted by atomic mass is 16.3. The summed E-state index contributed by atoms with van der Waals surface area (Å²) in [6.45, 7) is 0.